The van der Waals surface area contributed by atoms with Crippen LogP contribution in [-0.4, -0.2) is 11.6 Å². The van der Waals surface area contributed by atoms with Gasteiger partial charge in [-0.05, 0) is 12.1 Å². The molecule has 1 atom stereocenters. The van der Waals surface area contributed by atoms with Gasteiger partial charge in [0.2, 0.25) is 5.91 Å². The SMILES string of the molecule is CCC[C@@]12CCC(=O)N1c1ccccc1O2. The summed E-state index contributed by atoms with van der Waals surface area (Å²) in [6.07, 6.45) is 3.36. The maximum atomic E-state index is 11.9. The summed E-state index contributed by atoms with van der Waals surface area (Å²) in [6.45, 7) is 2.13. The minimum absolute atomic E-state index is 0.193. The molecule has 1 aromatic carbocycles. The predicted molar refractivity (Wildman–Crippen MR) is 61.4 cm³/mol. The monoisotopic (exact) mass is 217 g/mol. The lowest BCUT2D eigenvalue weighted by molar-refractivity contribution is -0.117. The van der Waals surface area contributed by atoms with Crippen LogP contribution in [0.15, 0.2) is 24.3 Å². The van der Waals surface area contributed by atoms with Crippen molar-refractivity contribution >= 4 is 11.6 Å². The average Bonchev–Trinajstić information content (AvgIpc) is 2.75. The fourth-order valence-corrected chi connectivity index (χ4v) is 2.82. The van der Waals surface area contributed by atoms with E-state index in [-0.39, 0.29) is 11.6 Å². The van der Waals surface area contributed by atoms with E-state index in [9.17, 15) is 4.79 Å². The van der Waals surface area contributed by atoms with Gasteiger partial charge in [-0.15, -0.1) is 0 Å². The van der Waals surface area contributed by atoms with Crippen molar-refractivity contribution in [3.63, 3.8) is 0 Å². The predicted octanol–water partition coefficient (Wildman–Crippen LogP) is 2.70. The molecule has 16 heavy (non-hydrogen) atoms. The highest BCUT2D eigenvalue weighted by Gasteiger charge is 2.52. The molecule has 3 rings (SSSR count). The first-order valence-electron chi connectivity index (χ1n) is 5.88. The van der Waals surface area contributed by atoms with Gasteiger partial charge in [0, 0.05) is 19.3 Å². The number of hydrogen-bond acceptors (Lipinski definition) is 2. The Morgan fingerprint density at radius 2 is 2.25 bits per heavy atom. The van der Waals surface area contributed by atoms with E-state index in [1.807, 2.05) is 29.2 Å². The van der Waals surface area contributed by atoms with Crippen molar-refractivity contribution in [3.8, 4) is 5.75 Å². The molecule has 0 spiro atoms. The second-order valence-corrected chi connectivity index (χ2v) is 4.50. The molecule has 1 saturated heterocycles. The molecule has 1 aromatic rings. The Hall–Kier alpha value is -1.51. The van der Waals surface area contributed by atoms with Crippen LogP contribution in [0.3, 0.4) is 0 Å². The molecule has 2 heterocycles. The van der Waals surface area contributed by atoms with Crippen LogP contribution in [0.4, 0.5) is 5.69 Å². The van der Waals surface area contributed by atoms with Gasteiger partial charge in [-0.1, -0.05) is 25.5 Å². The lowest BCUT2D eigenvalue weighted by Crippen LogP contribution is -2.46. The van der Waals surface area contributed by atoms with Gasteiger partial charge >= 0.3 is 0 Å². The normalized spacial score (nSPS) is 26.6. The van der Waals surface area contributed by atoms with Crippen LogP contribution in [0.2, 0.25) is 0 Å². The summed E-state index contributed by atoms with van der Waals surface area (Å²) in [4.78, 5) is 13.8. The first kappa shape index (κ1) is 9.70. The number of anilines is 1. The van der Waals surface area contributed by atoms with Crippen molar-refractivity contribution in [3.05, 3.63) is 24.3 Å². The number of ether oxygens (including phenoxy) is 1. The summed E-state index contributed by atoms with van der Waals surface area (Å²) in [7, 11) is 0. The Balaban J connectivity index is 2.08. The molecule has 0 aromatic heterocycles. The summed E-state index contributed by atoms with van der Waals surface area (Å²) in [5.74, 6) is 1.04. The van der Waals surface area contributed by atoms with Crippen molar-refractivity contribution in [2.45, 2.75) is 38.3 Å². The van der Waals surface area contributed by atoms with Gasteiger partial charge < -0.3 is 4.74 Å². The molecule has 0 aliphatic carbocycles. The van der Waals surface area contributed by atoms with Gasteiger partial charge in [-0.2, -0.15) is 0 Å². The van der Waals surface area contributed by atoms with Crippen molar-refractivity contribution in [2.75, 3.05) is 4.90 Å². The summed E-state index contributed by atoms with van der Waals surface area (Å²) >= 11 is 0. The van der Waals surface area contributed by atoms with E-state index >= 15 is 0 Å². The summed E-state index contributed by atoms with van der Waals surface area (Å²) in [5, 5.41) is 0. The van der Waals surface area contributed by atoms with E-state index in [0.29, 0.717) is 6.42 Å². The van der Waals surface area contributed by atoms with Crippen LogP contribution < -0.4 is 9.64 Å². The Labute approximate surface area is 95.0 Å². The maximum Gasteiger partial charge on any atom is 0.230 e. The zero-order valence-electron chi connectivity index (χ0n) is 9.40. The molecule has 0 N–H and O–H groups in total. The molecule has 84 valence electrons. The van der Waals surface area contributed by atoms with E-state index in [1.54, 1.807) is 0 Å². The second kappa shape index (κ2) is 3.24. The number of nitrogens with zero attached hydrogens (tertiary/aromatic N) is 1. The van der Waals surface area contributed by atoms with Gasteiger partial charge in [-0.3, -0.25) is 9.69 Å². The highest BCUT2D eigenvalue weighted by atomic mass is 16.5. The quantitative estimate of drug-likeness (QED) is 0.762. The van der Waals surface area contributed by atoms with E-state index in [4.69, 9.17) is 4.74 Å². The Bertz CT molecular complexity index is 443. The molecule has 3 heteroatoms. The third-order valence-electron chi connectivity index (χ3n) is 3.43. The zero-order valence-corrected chi connectivity index (χ0v) is 9.40. The molecular formula is C13H15NO2. The number of fused-ring (bicyclic) bond motifs is 3. The van der Waals surface area contributed by atoms with Crippen LogP contribution in [0.25, 0.3) is 0 Å². The van der Waals surface area contributed by atoms with Crippen molar-refractivity contribution in [2.24, 2.45) is 0 Å². The molecule has 0 unspecified atom stereocenters. The number of carbonyl (C=O) groups excluding carboxylic acids is 1. The third kappa shape index (κ3) is 1.11. The molecule has 0 radical (unpaired) electrons. The van der Waals surface area contributed by atoms with Gasteiger partial charge in [0.05, 0.1) is 5.69 Å². The summed E-state index contributed by atoms with van der Waals surface area (Å²) < 4.78 is 6.03. The van der Waals surface area contributed by atoms with Crippen LogP contribution in [0, 0.1) is 0 Å². The molecule has 3 nitrogen and oxygen atoms in total. The second-order valence-electron chi connectivity index (χ2n) is 4.50. The highest BCUT2D eigenvalue weighted by molar-refractivity contribution is 5.99. The first-order chi connectivity index (χ1) is 7.77. The number of rotatable bonds is 2. The zero-order chi connectivity index (χ0) is 11.2. The highest BCUT2D eigenvalue weighted by Crippen LogP contribution is 2.49. The minimum Gasteiger partial charge on any atom is -0.465 e. The lowest BCUT2D eigenvalue weighted by atomic mass is 10.1. The Morgan fingerprint density at radius 1 is 1.44 bits per heavy atom. The summed E-state index contributed by atoms with van der Waals surface area (Å²) in [6, 6.07) is 7.81. The molecule has 1 amide bonds. The number of amides is 1. The minimum atomic E-state index is -0.379. The summed E-state index contributed by atoms with van der Waals surface area (Å²) in [5.41, 5.74) is 0.564. The maximum absolute atomic E-state index is 11.9. The van der Waals surface area contributed by atoms with Crippen LogP contribution in [0.5, 0.6) is 5.75 Å². The fraction of sp³-hybridized carbons (Fsp3) is 0.462. The third-order valence-corrected chi connectivity index (χ3v) is 3.43. The largest absolute Gasteiger partial charge is 0.465 e. The van der Waals surface area contributed by atoms with Crippen molar-refractivity contribution < 1.29 is 9.53 Å². The fourth-order valence-electron chi connectivity index (χ4n) is 2.82. The number of benzene rings is 1. The molecule has 2 aliphatic heterocycles. The smallest absolute Gasteiger partial charge is 0.230 e. The number of para-hydroxylation sites is 2. The van der Waals surface area contributed by atoms with Gasteiger partial charge in [0.15, 0.2) is 5.72 Å². The van der Waals surface area contributed by atoms with Crippen LogP contribution in [-0.2, 0) is 4.79 Å². The molecular weight excluding hydrogens is 202 g/mol. The van der Waals surface area contributed by atoms with Crippen molar-refractivity contribution in [1.82, 2.24) is 0 Å². The van der Waals surface area contributed by atoms with Gasteiger partial charge in [0.1, 0.15) is 5.75 Å². The van der Waals surface area contributed by atoms with E-state index < -0.39 is 0 Å². The number of carbonyl (C=O) groups is 1. The number of hydrogen-bond donors (Lipinski definition) is 0. The van der Waals surface area contributed by atoms with E-state index in [0.717, 1.165) is 30.7 Å². The standard InChI is InChI=1S/C13H15NO2/c1-2-8-13-9-7-12(15)14(13)10-5-3-4-6-11(10)16-13/h3-6H,2,7-9H2,1H3/t13-/m1/s1. The Kier molecular flexibility index (Phi) is 1.96. The molecule has 2 aliphatic rings. The molecule has 0 saturated carbocycles. The van der Waals surface area contributed by atoms with Gasteiger partial charge in [0.25, 0.3) is 0 Å². The van der Waals surface area contributed by atoms with Crippen LogP contribution in [0.1, 0.15) is 32.6 Å². The molecule has 0 bridgehead atoms. The van der Waals surface area contributed by atoms with Crippen LogP contribution >= 0.6 is 0 Å². The topological polar surface area (TPSA) is 29.5 Å². The van der Waals surface area contributed by atoms with Gasteiger partial charge in [-0.25, -0.2) is 0 Å². The van der Waals surface area contributed by atoms with E-state index in [1.165, 1.54) is 0 Å². The first-order valence-corrected chi connectivity index (χ1v) is 5.88. The molecule has 1 fully saturated rings. The Morgan fingerprint density at radius 3 is 3.06 bits per heavy atom. The van der Waals surface area contributed by atoms with Crippen molar-refractivity contribution in [1.29, 1.82) is 0 Å². The average molecular weight is 217 g/mol. The van der Waals surface area contributed by atoms with E-state index in [2.05, 4.69) is 6.92 Å². The lowest BCUT2D eigenvalue weighted by Gasteiger charge is -2.30.